The molecule has 0 aliphatic rings. The number of hydrogen-bond donors (Lipinski definition) is 0. The van der Waals surface area contributed by atoms with Crippen molar-refractivity contribution in [1.29, 1.82) is 0 Å². The lowest BCUT2D eigenvalue weighted by atomic mass is 10.2. The molecule has 0 aromatic heterocycles. The fourth-order valence-corrected chi connectivity index (χ4v) is 1.84. The highest BCUT2D eigenvalue weighted by atomic mass is 16.5. The van der Waals surface area contributed by atoms with Crippen LogP contribution in [0, 0.1) is 6.92 Å². The molecule has 22 heavy (non-hydrogen) atoms. The van der Waals surface area contributed by atoms with Gasteiger partial charge in [-0.25, -0.2) is 0 Å². The second kappa shape index (κ2) is 7.98. The molecule has 0 spiro atoms. The summed E-state index contributed by atoms with van der Waals surface area (Å²) < 4.78 is 10.3. The van der Waals surface area contributed by atoms with Crippen LogP contribution < -0.4 is 9.47 Å². The van der Waals surface area contributed by atoms with Gasteiger partial charge >= 0.3 is 11.9 Å². The van der Waals surface area contributed by atoms with E-state index in [1.54, 1.807) is 36.4 Å². The zero-order valence-electron chi connectivity index (χ0n) is 12.5. The summed E-state index contributed by atoms with van der Waals surface area (Å²) >= 11 is 0. The van der Waals surface area contributed by atoms with Crippen LogP contribution in [0.1, 0.15) is 24.8 Å². The molecule has 0 unspecified atom stereocenters. The molecule has 2 aromatic rings. The van der Waals surface area contributed by atoms with E-state index >= 15 is 0 Å². The van der Waals surface area contributed by atoms with Crippen molar-refractivity contribution < 1.29 is 19.1 Å². The number of benzene rings is 2. The first kappa shape index (κ1) is 15.8. The van der Waals surface area contributed by atoms with Gasteiger partial charge < -0.3 is 9.47 Å². The third kappa shape index (κ3) is 5.40. The summed E-state index contributed by atoms with van der Waals surface area (Å²) in [5.74, 6) is 0.322. The van der Waals surface area contributed by atoms with E-state index in [2.05, 4.69) is 0 Å². The van der Waals surface area contributed by atoms with Crippen molar-refractivity contribution in [3.63, 3.8) is 0 Å². The van der Waals surface area contributed by atoms with E-state index in [9.17, 15) is 9.59 Å². The molecule has 0 fully saturated rings. The Morgan fingerprint density at radius 2 is 1.27 bits per heavy atom. The van der Waals surface area contributed by atoms with Crippen molar-refractivity contribution in [2.24, 2.45) is 0 Å². The van der Waals surface area contributed by atoms with Gasteiger partial charge in [0, 0.05) is 12.8 Å². The number of carbonyl (C=O) groups is 2. The van der Waals surface area contributed by atoms with Crippen LogP contribution in [-0.2, 0) is 9.59 Å². The Morgan fingerprint density at radius 1 is 0.773 bits per heavy atom. The lowest BCUT2D eigenvalue weighted by Gasteiger charge is -2.05. The fourth-order valence-electron chi connectivity index (χ4n) is 1.84. The van der Waals surface area contributed by atoms with Gasteiger partial charge in [-0.05, 0) is 37.6 Å². The topological polar surface area (TPSA) is 52.6 Å². The monoisotopic (exact) mass is 298 g/mol. The Morgan fingerprint density at radius 3 is 1.82 bits per heavy atom. The van der Waals surface area contributed by atoms with Crippen molar-refractivity contribution in [2.45, 2.75) is 26.2 Å². The zero-order chi connectivity index (χ0) is 15.8. The van der Waals surface area contributed by atoms with Gasteiger partial charge in [0.25, 0.3) is 0 Å². The van der Waals surface area contributed by atoms with Crippen LogP contribution in [0.5, 0.6) is 11.5 Å². The maximum atomic E-state index is 11.7. The third-order valence-corrected chi connectivity index (χ3v) is 2.99. The number of carbonyl (C=O) groups excluding carboxylic acids is 2. The highest BCUT2D eigenvalue weighted by Gasteiger charge is 2.09. The van der Waals surface area contributed by atoms with Crippen molar-refractivity contribution in [2.75, 3.05) is 0 Å². The maximum absolute atomic E-state index is 11.7. The zero-order valence-corrected chi connectivity index (χ0v) is 12.5. The minimum Gasteiger partial charge on any atom is -0.427 e. The molecule has 0 atom stereocenters. The molecule has 0 aliphatic carbocycles. The molecule has 0 heterocycles. The molecular weight excluding hydrogens is 280 g/mol. The van der Waals surface area contributed by atoms with Crippen molar-refractivity contribution in [1.82, 2.24) is 0 Å². The van der Waals surface area contributed by atoms with Crippen LogP contribution in [0.3, 0.4) is 0 Å². The minimum absolute atomic E-state index is 0.178. The summed E-state index contributed by atoms with van der Waals surface area (Å²) in [4.78, 5) is 23.3. The third-order valence-electron chi connectivity index (χ3n) is 2.99. The first-order chi connectivity index (χ1) is 10.6. The van der Waals surface area contributed by atoms with Crippen molar-refractivity contribution >= 4 is 11.9 Å². The number of hydrogen-bond acceptors (Lipinski definition) is 4. The molecule has 0 saturated heterocycles. The summed E-state index contributed by atoms with van der Waals surface area (Å²) in [5.41, 5.74) is 1.10. The Kier molecular flexibility index (Phi) is 5.72. The minimum atomic E-state index is -0.352. The van der Waals surface area contributed by atoms with Crippen LogP contribution in [0.4, 0.5) is 0 Å². The van der Waals surface area contributed by atoms with Gasteiger partial charge in [0.15, 0.2) is 0 Å². The standard InChI is InChI=1S/C18H18O4/c1-14-10-12-16(13-11-14)22-18(20)9-5-8-17(19)21-15-6-3-2-4-7-15/h2-4,6-7,10-13H,5,8-9H2,1H3. The van der Waals surface area contributed by atoms with E-state index in [4.69, 9.17) is 9.47 Å². The van der Waals surface area contributed by atoms with Crippen LogP contribution in [-0.4, -0.2) is 11.9 Å². The van der Waals surface area contributed by atoms with E-state index in [-0.39, 0.29) is 24.8 Å². The molecule has 2 rings (SSSR count). The molecule has 0 amide bonds. The van der Waals surface area contributed by atoms with Gasteiger partial charge in [0.1, 0.15) is 11.5 Å². The predicted octanol–water partition coefficient (Wildman–Crippen LogP) is 3.68. The van der Waals surface area contributed by atoms with Crippen molar-refractivity contribution in [3.05, 3.63) is 60.2 Å². The number of aryl methyl sites for hydroxylation is 1. The molecule has 0 bridgehead atoms. The average Bonchev–Trinajstić information content (AvgIpc) is 2.50. The van der Waals surface area contributed by atoms with Crippen LogP contribution in [0.25, 0.3) is 0 Å². The Labute approximate surface area is 129 Å². The first-order valence-electron chi connectivity index (χ1n) is 7.16. The van der Waals surface area contributed by atoms with Crippen LogP contribution in [0.15, 0.2) is 54.6 Å². The van der Waals surface area contributed by atoms with Gasteiger partial charge in [-0.15, -0.1) is 0 Å². The normalized spacial score (nSPS) is 10.0. The number of esters is 2. The molecule has 0 saturated carbocycles. The number of ether oxygens (including phenoxy) is 2. The van der Waals surface area contributed by atoms with E-state index in [0.717, 1.165) is 5.56 Å². The van der Waals surface area contributed by atoms with Crippen LogP contribution >= 0.6 is 0 Å². The molecule has 4 nitrogen and oxygen atoms in total. The second-order valence-corrected chi connectivity index (χ2v) is 4.93. The van der Waals surface area contributed by atoms with E-state index in [0.29, 0.717) is 17.9 Å². The predicted molar refractivity (Wildman–Crippen MR) is 82.7 cm³/mol. The van der Waals surface area contributed by atoms with Crippen molar-refractivity contribution in [3.8, 4) is 11.5 Å². The smallest absolute Gasteiger partial charge is 0.311 e. The van der Waals surface area contributed by atoms with Crippen LogP contribution in [0.2, 0.25) is 0 Å². The maximum Gasteiger partial charge on any atom is 0.311 e. The molecule has 114 valence electrons. The Balaban J connectivity index is 1.68. The number of rotatable bonds is 6. The summed E-state index contributed by atoms with van der Waals surface area (Å²) in [7, 11) is 0. The summed E-state index contributed by atoms with van der Waals surface area (Å²) in [6.07, 6.45) is 0.756. The second-order valence-electron chi connectivity index (χ2n) is 4.93. The lowest BCUT2D eigenvalue weighted by Crippen LogP contribution is -2.11. The SMILES string of the molecule is Cc1ccc(OC(=O)CCCC(=O)Oc2ccccc2)cc1. The average molecular weight is 298 g/mol. The van der Waals surface area contributed by atoms with Gasteiger partial charge in [-0.3, -0.25) is 9.59 Å². The summed E-state index contributed by atoms with van der Waals surface area (Å²) in [6.45, 7) is 1.96. The fraction of sp³-hybridized carbons (Fsp3) is 0.222. The molecule has 0 aliphatic heterocycles. The van der Waals surface area contributed by atoms with E-state index < -0.39 is 0 Å². The molecule has 2 aromatic carbocycles. The largest absolute Gasteiger partial charge is 0.427 e. The Hall–Kier alpha value is -2.62. The Bertz CT molecular complexity index is 617. The quantitative estimate of drug-likeness (QED) is 0.603. The summed E-state index contributed by atoms with van der Waals surface area (Å²) in [6, 6.07) is 16.1. The van der Waals surface area contributed by atoms with Gasteiger partial charge in [-0.1, -0.05) is 35.9 Å². The number of para-hydroxylation sites is 1. The lowest BCUT2D eigenvalue weighted by molar-refractivity contribution is -0.136. The summed E-state index contributed by atoms with van der Waals surface area (Å²) in [5, 5.41) is 0. The van der Waals surface area contributed by atoms with E-state index in [1.165, 1.54) is 0 Å². The molecule has 0 radical (unpaired) electrons. The van der Waals surface area contributed by atoms with Gasteiger partial charge in [-0.2, -0.15) is 0 Å². The molecule has 0 N–H and O–H groups in total. The highest BCUT2D eigenvalue weighted by molar-refractivity contribution is 5.75. The first-order valence-corrected chi connectivity index (χ1v) is 7.16. The molecular formula is C18H18O4. The van der Waals surface area contributed by atoms with Gasteiger partial charge in [0.05, 0.1) is 0 Å². The molecule has 4 heteroatoms. The highest BCUT2D eigenvalue weighted by Crippen LogP contribution is 2.13. The van der Waals surface area contributed by atoms with E-state index in [1.807, 2.05) is 25.1 Å². The van der Waals surface area contributed by atoms with Gasteiger partial charge in [0.2, 0.25) is 0 Å².